The summed E-state index contributed by atoms with van der Waals surface area (Å²) < 4.78 is 10.6. The summed E-state index contributed by atoms with van der Waals surface area (Å²) in [4.78, 5) is 25.2. The van der Waals surface area contributed by atoms with Crippen molar-refractivity contribution >= 4 is 22.4 Å². The number of nitrogens with one attached hydrogen (secondary N) is 1. The molecule has 4 rings (SSSR count). The van der Waals surface area contributed by atoms with Crippen LogP contribution in [-0.2, 0) is 0 Å². The normalized spacial score (nSPS) is 10.6. The monoisotopic (exact) mass is 371 g/mol. The molecular weight excluding hydrogens is 354 g/mol. The van der Waals surface area contributed by atoms with Crippen molar-refractivity contribution < 1.29 is 13.9 Å². The predicted octanol–water partition coefficient (Wildman–Crippen LogP) is 4.72. The molecule has 0 bridgehead atoms. The molecule has 0 aliphatic rings. The van der Waals surface area contributed by atoms with Crippen LogP contribution in [0.2, 0.25) is 0 Å². The molecule has 3 aromatic carbocycles. The molecule has 0 aliphatic carbocycles. The van der Waals surface area contributed by atoms with E-state index in [1.165, 1.54) is 0 Å². The van der Waals surface area contributed by atoms with Crippen molar-refractivity contribution in [3.8, 4) is 17.1 Å². The number of methoxy groups -OCH3 is 1. The van der Waals surface area contributed by atoms with Crippen LogP contribution in [0.4, 0.5) is 5.69 Å². The molecule has 5 nitrogen and oxygen atoms in total. The van der Waals surface area contributed by atoms with Crippen LogP contribution < -0.4 is 15.7 Å². The van der Waals surface area contributed by atoms with E-state index in [0.717, 1.165) is 5.39 Å². The fourth-order valence-corrected chi connectivity index (χ4v) is 3.04. The minimum absolute atomic E-state index is 0.295. The summed E-state index contributed by atoms with van der Waals surface area (Å²) in [7, 11) is 1.58. The molecule has 0 aliphatic heterocycles. The Bertz CT molecular complexity index is 1210. The summed E-state index contributed by atoms with van der Waals surface area (Å²) in [5.74, 6) is 0.761. The van der Waals surface area contributed by atoms with Crippen molar-refractivity contribution in [2.75, 3.05) is 12.4 Å². The number of hydrogen-bond donors (Lipinski definition) is 1. The number of benzene rings is 3. The number of rotatable bonds is 4. The molecule has 4 aromatic rings. The molecule has 28 heavy (non-hydrogen) atoms. The Balaban J connectivity index is 1.72. The quantitative estimate of drug-likeness (QED) is 0.563. The maximum atomic E-state index is 12.8. The number of amides is 1. The van der Waals surface area contributed by atoms with Gasteiger partial charge in [0, 0.05) is 11.3 Å². The lowest BCUT2D eigenvalue weighted by Gasteiger charge is -2.10. The van der Waals surface area contributed by atoms with E-state index >= 15 is 0 Å². The number of carbonyl (C=O) groups is 1. The van der Waals surface area contributed by atoms with Gasteiger partial charge in [-0.1, -0.05) is 36.4 Å². The van der Waals surface area contributed by atoms with Gasteiger partial charge in [-0.2, -0.15) is 0 Å². The highest BCUT2D eigenvalue weighted by molar-refractivity contribution is 6.08. The van der Waals surface area contributed by atoms with E-state index in [1.54, 1.807) is 73.8 Å². The van der Waals surface area contributed by atoms with Gasteiger partial charge in [0.1, 0.15) is 11.5 Å². The van der Waals surface area contributed by atoms with Gasteiger partial charge in [-0.3, -0.25) is 4.79 Å². The van der Waals surface area contributed by atoms with Crippen LogP contribution in [0.1, 0.15) is 10.4 Å². The third-order valence-electron chi connectivity index (χ3n) is 4.45. The minimum atomic E-state index is -0.432. The summed E-state index contributed by atoms with van der Waals surface area (Å²) in [6.07, 6.45) is 0. The van der Waals surface area contributed by atoms with Crippen LogP contribution in [0.25, 0.3) is 22.1 Å². The van der Waals surface area contributed by atoms with Gasteiger partial charge in [-0.15, -0.1) is 0 Å². The summed E-state index contributed by atoms with van der Waals surface area (Å²) in [5, 5.41) is 4.13. The number of hydrogen-bond acceptors (Lipinski definition) is 4. The second kappa shape index (κ2) is 7.40. The van der Waals surface area contributed by atoms with Gasteiger partial charge in [0.05, 0.1) is 18.1 Å². The molecule has 1 amide bonds. The van der Waals surface area contributed by atoms with Gasteiger partial charge in [0.25, 0.3) is 5.91 Å². The lowest BCUT2D eigenvalue weighted by Crippen LogP contribution is -2.13. The van der Waals surface area contributed by atoms with Crippen molar-refractivity contribution in [3.05, 3.63) is 94.8 Å². The molecule has 0 saturated carbocycles. The second-order valence-corrected chi connectivity index (χ2v) is 6.21. The van der Waals surface area contributed by atoms with Gasteiger partial charge < -0.3 is 14.5 Å². The first kappa shape index (κ1) is 17.5. The van der Waals surface area contributed by atoms with E-state index < -0.39 is 5.63 Å². The van der Waals surface area contributed by atoms with Crippen LogP contribution in [0.3, 0.4) is 0 Å². The van der Waals surface area contributed by atoms with Crippen molar-refractivity contribution in [3.63, 3.8) is 0 Å². The highest BCUT2D eigenvalue weighted by Gasteiger charge is 2.16. The molecule has 1 N–H and O–H groups in total. The fourth-order valence-electron chi connectivity index (χ4n) is 3.04. The van der Waals surface area contributed by atoms with Crippen LogP contribution >= 0.6 is 0 Å². The van der Waals surface area contributed by atoms with Crippen molar-refractivity contribution in [2.45, 2.75) is 0 Å². The minimum Gasteiger partial charge on any atom is -0.497 e. The molecule has 0 saturated heterocycles. The molecule has 1 heterocycles. The van der Waals surface area contributed by atoms with E-state index in [1.807, 2.05) is 12.1 Å². The Kier molecular flexibility index (Phi) is 4.64. The van der Waals surface area contributed by atoms with Gasteiger partial charge in [0.2, 0.25) is 0 Å². The molecule has 0 spiro atoms. The van der Waals surface area contributed by atoms with Crippen LogP contribution in [0.5, 0.6) is 5.75 Å². The maximum absolute atomic E-state index is 12.8. The van der Waals surface area contributed by atoms with E-state index in [9.17, 15) is 9.59 Å². The Labute approximate surface area is 161 Å². The SMILES string of the molecule is COc1ccc(NC(=O)c2ccccc2-c2cc3ccccc3c(=O)o2)cc1. The van der Waals surface area contributed by atoms with Gasteiger partial charge in [-0.05, 0) is 47.9 Å². The molecule has 1 aromatic heterocycles. The lowest BCUT2D eigenvalue weighted by molar-refractivity contribution is 0.102. The van der Waals surface area contributed by atoms with Crippen molar-refractivity contribution in [2.24, 2.45) is 0 Å². The summed E-state index contributed by atoms with van der Waals surface area (Å²) in [5.41, 5.74) is 1.17. The summed E-state index contributed by atoms with van der Waals surface area (Å²) >= 11 is 0. The highest BCUT2D eigenvalue weighted by atomic mass is 16.5. The van der Waals surface area contributed by atoms with E-state index in [-0.39, 0.29) is 5.91 Å². The zero-order valence-corrected chi connectivity index (χ0v) is 15.1. The smallest absolute Gasteiger partial charge is 0.344 e. The summed E-state index contributed by atoms with van der Waals surface area (Å²) in [6.45, 7) is 0. The van der Waals surface area contributed by atoms with Gasteiger partial charge in [-0.25, -0.2) is 4.79 Å². The Morgan fingerprint density at radius 1 is 0.929 bits per heavy atom. The zero-order valence-electron chi connectivity index (χ0n) is 15.1. The second-order valence-electron chi connectivity index (χ2n) is 6.21. The molecule has 0 radical (unpaired) electrons. The van der Waals surface area contributed by atoms with Crippen molar-refractivity contribution in [1.82, 2.24) is 0 Å². The first-order valence-corrected chi connectivity index (χ1v) is 8.73. The van der Waals surface area contributed by atoms with Crippen LogP contribution in [0.15, 0.2) is 88.1 Å². The molecule has 0 unspecified atom stereocenters. The fraction of sp³-hybridized carbons (Fsp3) is 0.0435. The standard InChI is InChI=1S/C23H17NO4/c1-27-17-12-10-16(11-13-17)24-22(25)20-9-5-4-8-19(20)21-14-15-6-2-3-7-18(15)23(26)28-21/h2-14H,1H3,(H,24,25). The molecule has 138 valence electrons. The van der Waals surface area contributed by atoms with E-state index in [2.05, 4.69) is 5.32 Å². The third kappa shape index (κ3) is 3.38. The Hall–Kier alpha value is -3.86. The maximum Gasteiger partial charge on any atom is 0.344 e. The lowest BCUT2D eigenvalue weighted by atomic mass is 10.0. The molecule has 0 atom stereocenters. The molecular formula is C23H17NO4. The predicted molar refractivity (Wildman–Crippen MR) is 109 cm³/mol. The van der Waals surface area contributed by atoms with E-state index in [4.69, 9.17) is 9.15 Å². The van der Waals surface area contributed by atoms with Gasteiger partial charge in [0.15, 0.2) is 0 Å². The number of anilines is 1. The first-order valence-electron chi connectivity index (χ1n) is 8.73. The number of carbonyl (C=O) groups excluding carboxylic acids is 1. The average molecular weight is 371 g/mol. The Morgan fingerprint density at radius 3 is 2.43 bits per heavy atom. The Morgan fingerprint density at radius 2 is 1.64 bits per heavy atom. The third-order valence-corrected chi connectivity index (χ3v) is 4.45. The number of ether oxygens (including phenoxy) is 1. The number of fused-ring (bicyclic) bond motifs is 1. The highest BCUT2D eigenvalue weighted by Crippen LogP contribution is 2.26. The molecule has 0 fully saturated rings. The van der Waals surface area contributed by atoms with Gasteiger partial charge >= 0.3 is 5.63 Å². The summed E-state index contributed by atoms with van der Waals surface area (Å²) in [6, 6.07) is 23.1. The molecule has 5 heteroatoms. The average Bonchev–Trinajstić information content (AvgIpc) is 2.74. The van der Waals surface area contributed by atoms with Crippen molar-refractivity contribution in [1.29, 1.82) is 0 Å². The van der Waals surface area contributed by atoms with Crippen LogP contribution in [0, 0.1) is 0 Å². The van der Waals surface area contributed by atoms with Crippen LogP contribution in [-0.4, -0.2) is 13.0 Å². The largest absolute Gasteiger partial charge is 0.497 e. The topological polar surface area (TPSA) is 68.5 Å². The van der Waals surface area contributed by atoms with E-state index in [0.29, 0.717) is 33.7 Å². The first-order chi connectivity index (χ1) is 13.7. The zero-order chi connectivity index (χ0) is 19.5.